The number of hydrogen-bond donors (Lipinski definition) is 2. The molecule has 6 heteroatoms. The molecular formula is C7H5N3O2S. The van der Waals surface area contributed by atoms with Crippen molar-refractivity contribution in [2.24, 2.45) is 0 Å². The van der Waals surface area contributed by atoms with E-state index in [4.69, 9.17) is 0 Å². The third-order valence-corrected chi connectivity index (χ3v) is 2.09. The summed E-state index contributed by atoms with van der Waals surface area (Å²) in [5.74, 6) is 0. The molecule has 0 saturated carbocycles. The number of nitro benzene ring substituents is 1. The number of aromatic nitrogens is 2. The largest absolute Gasteiger partial charge is 0.344 e. The summed E-state index contributed by atoms with van der Waals surface area (Å²) >= 11 is 3.99. The molecule has 0 aliphatic heterocycles. The van der Waals surface area contributed by atoms with Crippen molar-refractivity contribution in [2.45, 2.75) is 4.90 Å². The van der Waals surface area contributed by atoms with Gasteiger partial charge >= 0.3 is 5.69 Å². The Morgan fingerprint density at radius 3 is 3.00 bits per heavy atom. The highest BCUT2D eigenvalue weighted by Crippen LogP contribution is 2.29. The fourth-order valence-corrected chi connectivity index (χ4v) is 1.42. The Hall–Kier alpha value is -1.56. The first-order chi connectivity index (χ1) is 6.20. The van der Waals surface area contributed by atoms with Crippen LogP contribution in [0.25, 0.3) is 11.0 Å². The summed E-state index contributed by atoms with van der Waals surface area (Å²) in [7, 11) is 0. The summed E-state index contributed by atoms with van der Waals surface area (Å²) in [5.41, 5.74) is 0.934. The van der Waals surface area contributed by atoms with Gasteiger partial charge in [0.2, 0.25) is 0 Å². The summed E-state index contributed by atoms with van der Waals surface area (Å²) in [4.78, 5) is 17.1. The quantitative estimate of drug-likeness (QED) is 0.413. The molecule has 0 unspecified atom stereocenters. The second-order valence-electron chi connectivity index (χ2n) is 2.49. The fourth-order valence-electron chi connectivity index (χ4n) is 1.16. The molecule has 2 rings (SSSR count). The smallest absolute Gasteiger partial charge is 0.310 e. The number of nitrogens with one attached hydrogen (secondary N) is 1. The molecule has 1 N–H and O–H groups in total. The lowest BCUT2D eigenvalue weighted by molar-refractivity contribution is -0.386. The summed E-state index contributed by atoms with van der Waals surface area (Å²) in [6, 6.07) is 3.28. The van der Waals surface area contributed by atoms with Gasteiger partial charge in [0, 0.05) is 0 Å². The molecule has 66 valence electrons. The molecule has 0 bridgehead atoms. The number of benzene rings is 1. The Morgan fingerprint density at radius 2 is 2.31 bits per heavy atom. The van der Waals surface area contributed by atoms with Gasteiger partial charge in [-0.05, 0) is 12.1 Å². The Balaban J connectivity index is 2.88. The van der Waals surface area contributed by atoms with Crippen molar-refractivity contribution < 1.29 is 4.92 Å². The maximum Gasteiger partial charge on any atom is 0.310 e. The van der Waals surface area contributed by atoms with Gasteiger partial charge in [0.1, 0.15) is 0 Å². The van der Waals surface area contributed by atoms with Gasteiger partial charge in [-0.15, -0.1) is 12.6 Å². The molecule has 0 fully saturated rings. The topological polar surface area (TPSA) is 71.8 Å². The first-order valence-corrected chi connectivity index (χ1v) is 3.94. The van der Waals surface area contributed by atoms with Crippen LogP contribution in [0.1, 0.15) is 0 Å². The number of fused-ring (bicyclic) bond motifs is 1. The molecule has 1 aromatic carbocycles. The van der Waals surface area contributed by atoms with Gasteiger partial charge in [0.25, 0.3) is 0 Å². The van der Waals surface area contributed by atoms with Crippen LogP contribution in [-0.2, 0) is 0 Å². The van der Waals surface area contributed by atoms with E-state index in [0.29, 0.717) is 15.9 Å². The first-order valence-electron chi connectivity index (χ1n) is 3.49. The van der Waals surface area contributed by atoms with Crippen molar-refractivity contribution in [2.75, 3.05) is 0 Å². The molecule has 0 spiro atoms. The van der Waals surface area contributed by atoms with Gasteiger partial charge in [-0.1, -0.05) is 0 Å². The second-order valence-corrected chi connectivity index (χ2v) is 2.97. The Labute approximate surface area is 78.3 Å². The number of rotatable bonds is 1. The van der Waals surface area contributed by atoms with Gasteiger partial charge in [-0.2, -0.15) is 0 Å². The zero-order valence-electron chi connectivity index (χ0n) is 6.39. The minimum absolute atomic E-state index is 0.0536. The minimum Gasteiger partial charge on any atom is -0.344 e. The van der Waals surface area contributed by atoms with Crippen molar-refractivity contribution in [3.05, 3.63) is 28.6 Å². The normalized spacial score (nSPS) is 10.5. The summed E-state index contributed by atoms with van der Waals surface area (Å²) in [6.07, 6.45) is 1.42. The Kier molecular flexibility index (Phi) is 1.70. The lowest BCUT2D eigenvalue weighted by atomic mass is 10.3. The van der Waals surface area contributed by atoms with Crippen LogP contribution >= 0.6 is 12.6 Å². The number of imidazole rings is 1. The molecule has 13 heavy (non-hydrogen) atoms. The molecule has 0 atom stereocenters. The van der Waals surface area contributed by atoms with E-state index < -0.39 is 4.92 Å². The first kappa shape index (κ1) is 8.06. The predicted octanol–water partition coefficient (Wildman–Crippen LogP) is 1.76. The van der Waals surface area contributed by atoms with E-state index in [1.807, 2.05) is 0 Å². The molecule has 0 radical (unpaired) electrons. The van der Waals surface area contributed by atoms with Gasteiger partial charge < -0.3 is 4.98 Å². The van der Waals surface area contributed by atoms with E-state index in [2.05, 4.69) is 22.6 Å². The van der Waals surface area contributed by atoms with E-state index >= 15 is 0 Å². The van der Waals surface area contributed by atoms with Crippen LogP contribution in [0, 0.1) is 10.1 Å². The summed E-state index contributed by atoms with van der Waals surface area (Å²) < 4.78 is 0. The highest BCUT2D eigenvalue weighted by molar-refractivity contribution is 7.80. The highest BCUT2D eigenvalue weighted by Gasteiger charge is 2.17. The molecule has 0 aliphatic rings. The highest BCUT2D eigenvalue weighted by atomic mass is 32.1. The van der Waals surface area contributed by atoms with Gasteiger partial charge in [0.05, 0.1) is 21.7 Å². The van der Waals surface area contributed by atoms with Gasteiger partial charge in [0.15, 0.2) is 5.52 Å². The molecule has 1 heterocycles. The SMILES string of the molecule is O=[N+]([O-])c1c(S)ccc2[nH]cnc12. The average molecular weight is 195 g/mol. The molecule has 0 saturated heterocycles. The van der Waals surface area contributed by atoms with Gasteiger partial charge in [-0.25, -0.2) is 4.98 Å². The maximum atomic E-state index is 10.6. The lowest BCUT2D eigenvalue weighted by Gasteiger charge is -1.95. The van der Waals surface area contributed by atoms with Crippen LogP contribution in [0.15, 0.2) is 23.4 Å². The van der Waals surface area contributed by atoms with E-state index in [1.54, 1.807) is 12.1 Å². The number of H-pyrrole nitrogens is 1. The van der Waals surface area contributed by atoms with E-state index in [0.717, 1.165) is 0 Å². The van der Waals surface area contributed by atoms with Crippen molar-refractivity contribution >= 4 is 29.3 Å². The molecular weight excluding hydrogens is 190 g/mol. The van der Waals surface area contributed by atoms with Crippen LogP contribution in [0.5, 0.6) is 0 Å². The summed E-state index contributed by atoms with van der Waals surface area (Å²) in [6.45, 7) is 0. The molecule has 5 nitrogen and oxygen atoms in total. The van der Waals surface area contributed by atoms with Crippen LogP contribution < -0.4 is 0 Å². The Bertz CT molecular complexity index is 480. The van der Waals surface area contributed by atoms with Crippen molar-refractivity contribution in [3.63, 3.8) is 0 Å². The van der Waals surface area contributed by atoms with Crippen LogP contribution in [0.2, 0.25) is 0 Å². The number of nitrogens with zero attached hydrogens (tertiary/aromatic N) is 2. The molecule has 0 amide bonds. The minimum atomic E-state index is -0.481. The third-order valence-electron chi connectivity index (χ3n) is 1.73. The number of nitro groups is 1. The number of thiol groups is 1. The molecule has 0 aliphatic carbocycles. The van der Waals surface area contributed by atoms with Crippen molar-refractivity contribution in [3.8, 4) is 0 Å². The van der Waals surface area contributed by atoms with Crippen molar-refractivity contribution in [1.29, 1.82) is 0 Å². The number of hydrogen-bond acceptors (Lipinski definition) is 4. The van der Waals surface area contributed by atoms with E-state index in [9.17, 15) is 10.1 Å². The summed E-state index contributed by atoms with van der Waals surface area (Å²) in [5, 5.41) is 10.6. The predicted molar refractivity (Wildman–Crippen MR) is 50.0 cm³/mol. The number of aromatic amines is 1. The molecule has 2 aromatic rings. The van der Waals surface area contributed by atoms with E-state index in [1.165, 1.54) is 6.33 Å². The second kappa shape index (κ2) is 2.74. The van der Waals surface area contributed by atoms with Crippen LogP contribution in [0.4, 0.5) is 5.69 Å². The zero-order chi connectivity index (χ0) is 9.42. The van der Waals surface area contributed by atoms with Crippen LogP contribution in [-0.4, -0.2) is 14.9 Å². The standard InChI is InChI=1S/C7H5N3O2S/c11-10(12)7-5(13)2-1-4-6(7)9-3-8-4/h1-3,13H,(H,8,9). The third kappa shape index (κ3) is 1.15. The van der Waals surface area contributed by atoms with Crippen molar-refractivity contribution in [1.82, 2.24) is 9.97 Å². The van der Waals surface area contributed by atoms with Gasteiger partial charge in [-0.3, -0.25) is 10.1 Å². The van der Waals surface area contributed by atoms with E-state index in [-0.39, 0.29) is 5.69 Å². The Morgan fingerprint density at radius 1 is 1.54 bits per heavy atom. The zero-order valence-corrected chi connectivity index (χ0v) is 7.28. The monoisotopic (exact) mass is 195 g/mol. The fraction of sp³-hybridized carbons (Fsp3) is 0. The average Bonchev–Trinajstić information content (AvgIpc) is 2.50. The molecule has 1 aromatic heterocycles. The maximum absolute atomic E-state index is 10.6. The lowest BCUT2D eigenvalue weighted by Crippen LogP contribution is -1.90. The van der Waals surface area contributed by atoms with Crippen LogP contribution in [0.3, 0.4) is 0 Å².